The molecule has 0 aliphatic heterocycles. The number of fused-ring (bicyclic) bond motifs is 8. The van der Waals surface area contributed by atoms with Crippen molar-refractivity contribution in [2.75, 3.05) is 4.90 Å². The molecule has 0 amide bonds. The van der Waals surface area contributed by atoms with Crippen molar-refractivity contribution in [1.29, 1.82) is 0 Å². The van der Waals surface area contributed by atoms with Crippen molar-refractivity contribution in [3.63, 3.8) is 0 Å². The van der Waals surface area contributed by atoms with Crippen LogP contribution >= 0.6 is 0 Å². The lowest BCUT2D eigenvalue weighted by atomic mass is 9.67. The molecule has 0 N–H and O–H groups in total. The molecule has 0 saturated carbocycles. The third kappa shape index (κ3) is 6.28. The Kier molecular flexibility index (Phi) is 9.70. The molecule has 3 nitrogen and oxygen atoms in total. The van der Waals surface area contributed by atoms with Gasteiger partial charge in [-0.3, -0.25) is 0 Å². The van der Waals surface area contributed by atoms with Crippen molar-refractivity contribution in [2.45, 2.75) is 10.8 Å². The summed E-state index contributed by atoms with van der Waals surface area (Å²) in [5.74, 6) is 0. The first-order valence-electron chi connectivity index (χ1n) is 25.8. The molecule has 2 heterocycles. The van der Waals surface area contributed by atoms with Crippen LogP contribution in [0.15, 0.2) is 294 Å². The minimum atomic E-state index is -0.562. The van der Waals surface area contributed by atoms with Crippen LogP contribution in [0.1, 0.15) is 44.5 Å². The molecule has 2 aromatic heterocycles. The van der Waals surface area contributed by atoms with Gasteiger partial charge in [-0.05, 0) is 144 Å². The predicted molar refractivity (Wildman–Crippen MR) is 306 cm³/mol. The van der Waals surface area contributed by atoms with E-state index in [1.807, 2.05) is 18.2 Å². The lowest BCUT2D eigenvalue weighted by molar-refractivity contribution is 0.616. The Morgan fingerprint density at radius 1 is 0.267 bits per heavy atom. The van der Waals surface area contributed by atoms with Crippen LogP contribution in [0, 0.1) is 0 Å². The highest BCUT2D eigenvalue weighted by atomic mass is 16.3. The van der Waals surface area contributed by atoms with E-state index in [0.717, 1.165) is 61.3 Å². The van der Waals surface area contributed by atoms with Crippen LogP contribution in [0.5, 0.6) is 0 Å². The van der Waals surface area contributed by atoms with Crippen LogP contribution in [0.2, 0.25) is 0 Å². The highest BCUT2D eigenvalue weighted by Gasteiger charge is 2.48. The smallest absolute Gasteiger partial charge is 0.142 e. The van der Waals surface area contributed by atoms with Crippen molar-refractivity contribution in [2.24, 2.45) is 0 Å². The van der Waals surface area contributed by atoms with E-state index < -0.39 is 10.8 Å². The van der Waals surface area contributed by atoms with Crippen LogP contribution in [-0.4, -0.2) is 0 Å². The molecule has 0 bridgehead atoms. The Balaban J connectivity index is 0.943. The van der Waals surface area contributed by atoms with Crippen LogP contribution in [0.4, 0.5) is 17.1 Å². The zero-order valence-corrected chi connectivity index (χ0v) is 40.9. The van der Waals surface area contributed by atoms with E-state index in [-0.39, 0.29) is 0 Å². The molecule has 75 heavy (non-hydrogen) atoms. The van der Waals surface area contributed by atoms with Crippen molar-refractivity contribution in [1.82, 2.24) is 0 Å². The van der Waals surface area contributed by atoms with E-state index >= 15 is 0 Å². The van der Waals surface area contributed by atoms with Gasteiger partial charge in [0.1, 0.15) is 11.2 Å². The fraction of sp³-hybridized carbons (Fsp3) is 0.0278. The third-order valence-corrected chi connectivity index (χ3v) is 16.2. The lowest BCUT2D eigenvalue weighted by Crippen LogP contribution is -2.28. The maximum absolute atomic E-state index is 6.30. The summed E-state index contributed by atoms with van der Waals surface area (Å²) in [5, 5.41) is 2.13. The Morgan fingerprint density at radius 2 is 0.720 bits per heavy atom. The van der Waals surface area contributed by atoms with E-state index in [4.69, 9.17) is 8.83 Å². The van der Waals surface area contributed by atoms with E-state index in [1.54, 1.807) is 12.5 Å². The van der Waals surface area contributed by atoms with Crippen molar-refractivity contribution in [3.8, 4) is 44.5 Å². The molecule has 0 saturated heterocycles. The average molecular weight is 958 g/mol. The zero-order valence-electron chi connectivity index (χ0n) is 40.9. The van der Waals surface area contributed by atoms with Gasteiger partial charge in [0.05, 0.1) is 23.4 Å². The first-order valence-corrected chi connectivity index (χ1v) is 25.8. The SMILES string of the molecule is c1ccc(C2(c3ccccc3)c3ccccc3-c3cc(N(c4ccc(-c5ccc(-c6cccc7occc67)c6occc56)cc4)c4ccc5c(c4)C(c4ccccc4)(c4ccccc4)c4ccccc4-5)ccc32)cc1. The van der Waals surface area contributed by atoms with Gasteiger partial charge in [-0.25, -0.2) is 0 Å². The topological polar surface area (TPSA) is 29.5 Å². The molecule has 0 radical (unpaired) electrons. The number of furan rings is 2. The molecule has 0 fully saturated rings. The van der Waals surface area contributed by atoms with Crippen LogP contribution in [0.25, 0.3) is 66.4 Å². The predicted octanol–water partition coefficient (Wildman–Crippen LogP) is 18.7. The Bertz CT molecular complexity index is 4210. The molecule has 2 aliphatic carbocycles. The van der Waals surface area contributed by atoms with Crippen molar-refractivity contribution < 1.29 is 8.83 Å². The Hall–Kier alpha value is -9.70. The maximum Gasteiger partial charge on any atom is 0.142 e. The molecule has 0 atom stereocenters. The minimum Gasteiger partial charge on any atom is -0.464 e. The van der Waals surface area contributed by atoms with Crippen molar-refractivity contribution >= 4 is 39.0 Å². The second kappa shape index (κ2) is 16.9. The fourth-order valence-corrected chi connectivity index (χ4v) is 13.1. The maximum atomic E-state index is 6.30. The molecule has 0 spiro atoms. The highest BCUT2D eigenvalue weighted by Crippen LogP contribution is 2.59. The summed E-state index contributed by atoms with van der Waals surface area (Å²) in [6, 6.07) is 100. The quantitative estimate of drug-likeness (QED) is 0.144. The number of anilines is 3. The van der Waals surface area contributed by atoms with Gasteiger partial charge in [-0.1, -0.05) is 212 Å². The number of rotatable bonds is 9. The van der Waals surface area contributed by atoms with Gasteiger partial charge in [0, 0.05) is 33.4 Å². The number of nitrogens with zero attached hydrogens (tertiary/aromatic N) is 1. The van der Waals surface area contributed by atoms with E-state index in [2.05, 4.69) is 260 Å². The van der Waals surface area contributed by atoms with E-state index in [1.165, 1.54) is 66.8 Å². The van der Waals surface area contributed by atoms with Gasteiger partial charge in [-0.2, -0.15) is 0 Å². The largest absolute Gasteiger partial charge is 0.464 e. The fourth-order valence-electron chi connectivity index (χ4n) is 13.1. The summed E-state index contributed by atoms with van der Waals surface area (Å²) in [6.45, 7) is 0. The average Bonchev–Trinajstić information content (AvgIpc) is 4.42. The summed E-state index contributed by atoms with van der Waals surface area (Å²) in [4.78, 5) is 2.46. The first kappa shape index (κ1) is 42.9. The van der Waals surface area contributed by atoms with E-state index in [0.29, 0.717) is 0 Å². The summed E-state index contributed by atoms with van der Waals surface area (Å²) >= 11 is 0. The standard InChI is InChI=1S/C72H47NO2/c1-5-18-49(19-6-1)71(50-20-7-2-8-21-50)66-30-16-14-27-59(66)64-46-54(37-41-67(64)71)73(53-34-32-48(33-35-53)56-39-40-62(70-63(56)43-45-75-70)57-28-17-31-69-61(57)42-44-74-69)55-36-38-60-58-26-13-15-29-65(58)72(68(60)47-55,51-22-9-3-10-23-51)52-24-11-4-12-25-52/h1-47H. The normalized spacial score (nSPS) is 13.5. The second-order valence-corrected chi connectivity index (χ2v) is 19.9. The Morgan fingerprint density at radius 3 is 1.36 bits per heavy atom. The van der Waals surface area contributed by atoms with Crippen LogP contribution in [-0.2, 0) is 10.8 Å². The first-order chi connectivity index (χ1) is 37.2. The molecule has 2 aliphatic rings. The van der Waals surface area contributed by atoms with Gasteiger partial charge < -0.3 is 13.7 Å². The number of hydrogen-bond donors (Lipinski definition) is 0. The minimum absolute atomic E-state index is 0.511. The second-order valence-electron chi connectivity index (χ2n) is 19.9. The molecule has 3 heteroatoms. The van der Waals surface area contributed by atoms with Gasteiger partial charge >= 0.3 is 0 Å². The summed E-state index contributed by atoms with van der Waals surface area (Å²) in [7, 11) is 0. The summed E-state index contributed by atoms with van der Waals surface area (Å²) in [6.07, 6.45) is 3.55. The number of hydrogen-bond acceptors (Lipinski definition) is 3. The van der Waals surface area contributed by atoms with Gasteiger partial charge in [0.25, 0.3) is 0 Å². The molecule has 15 rings (SSSR count). The van der Waals surface area contributed by atoms with Crippen LogP contribution < -0.4 is 4.90 Å². The van der Waals surface area contributed by atoms with Gasteiger partial charge in [0.15, 0.2) is 0 Å². The van der Waals surface area contributed by atoms with Gasteiger partial charge in [-0.15, -0.1) is 0 Å². The summed E-state index contributed by atoms with van der Waals surface area (Å²) in [5.41, 5.74) is 23.2. The zero-order chi connectivity index (χ0) is 49.5. The summed E-state index contributed by atoms with van der Waals surface area (Å²) < 4.78 is 12.1. The lowest BCUT2D eigenvalue weighted by Gasteiger charge is -2.35. The molecular formula is C72H47NO2. The molecule has 0 unspecified atom stereocenters. The molecule has 352 valence electrons. The molecule has 11 aromatic carbocycles. The van der Waals surface area contributed by atoms with Crippen molar-refractivity contribution in [3.05, 3.63) is 330 Å². The molecular weight excluding hydrogens is 911 g/mol. The number of benzene rings is 11. The Labute approximate surface area is 435 Å². The third-order valence-electron chi connectivity index (χ3n) is 16.2. The van der Waals surface area contributed by atoms with Gasteiger partial charge in [0.2, 0.25) is 0 Å². The van der Waals surface area contributed by atoms with E-state index in [9.17, 15) is 0 Å². The monoisotopic (exact) mass is 957 g/mol. The highest BCUT2D eigenvalue weighted by molar-refractivity contribution is 6.07. The molecule has 13 aromatic rings. The van der Waals surface area contributed by atoms with Crippen LogP contribution in [0.3, 0.4) is 0 Å².